The van der Waals surface area contributed by atoms with Crippen molar-refractivity contribution >= 4 is 58.1 Å². The van der Waals surface area contributed by atoms with Gasteiger partial charge in [-0.15, -0.1) is 0 Å². The number of rotatable bonds is 19. The van der Waals surface area contributed by atoms with Crippen LogP contribution in [0.4, 0.5) is 4.79 Å². The van der Waals surface area contributed by atoms with Crippen molar-refractivity contribution in [1.82, 2.24) is 24.4 Å². The summed E-state index contributed by atoms with van der Waals surface area (Å²) in [4.78, 5) is 113. The van der Waals surface area contributed by atoms with Gasteiger partial charge in [-0.2, -0.15) is 0 Å². The molecule has 0 radical (unpaired) electrons. The third kappa shape index (κ3) is 11.8. The molecule has 4 aliphatic rings. The summed E-state index contributed by atoms with van der Waals surface area (Å²) in [6.07, 6.45) is 12.7. The SMILES string of the molecule is CCc1c2c(nc3ccc(O)cc13)-c1cc3c(c(=O)n1C2)COC(=O)[C@@]3(O)CC.CCc1c2c(nc3ccc(OC(=O)NCCCCCCN=C=O)cc13)-c1cc3c(c(=O)n1C2)COC(=O)[C@@]3(O)CC.O=C=NCCCCCCN=C=O. The Morgan fingerprint density at radius 2 is 1.06 bits per heavy atom. The molecule has 4 aromatic heterocycles. The van der Waals surface area contributed by atoms with E-state index >= 15 is 0 Å². The van der Waals surface area contributed by atoms with Crippen molar-refractivity contribution in [1.29, 1.82) is 0 Å². The quantitative estimate of drug-likeness (QED) is 0.0269. The summed E-state index contributed by atoms with van der Waals surface area (Å²) in [5.41, 5.74) is 4.56. The predicted molar refractivity (Wildman–Crippen MR) is 299 cm³/mol. The van der Waals surface area contributed by atoms with E-state index in [-0.39, 0.29) is 54.1 Å². The van der Waals surface area contributed by atoms with E-state index in [1.165, 1.54) is 18.2 Å². The number of aryl methyl sites for hydroxylation is 2. The molecule has 1 amide bonds. The number of aliphatic imine (C=N–C) groups is 3. The number of unbranched alkanes of at least 4 members (excludes halogenated alkanes) is 6. The van der Waals surface area contributed by atoms with Crippen molar-refractivity contribution < 1.29 is 58.3 Å². The monoisotopic (exact) mass is 1120 g/mol. The first-order valence-corrected chi connectivity index (χ1v) is 27.6. The average Bonchev–Trinajstić information content (AvgIpc) is 2.00. The van der Waals surface area contributed by atoms with Crippen LogP contribution in [0.2, 0.25) is 0 Å². The van der Waals surface area contributed by atoms with Crippen LogP contribution in [-0.4, -0.2) is 96.9 Å². The molecule has 0 fully saturated rings. The highest BCUT2D eigenvalue weighted by Crippen LogP contribution is 2.43. The number of nitrogens with one attached hydrogen (secondary N) is 1. The smallest absolute Gasteiger partial charge is 0.412 e. The van der Waals surface area contributed by atoms with Gasteiger partial charge in [-0.25, -0.2) is 53.7 Å². The van der Waals surface area contributed by atoms with Crippen LogP contribution < -0.4 is 21.2 Å². The lowest BCUT2D eigenvalue weighted by Gasteiger charge is -2.31. The molecule has 0 saturated heterocycles. The molecule has 22 heteroatoms. The maximum Gasteiger partial charge on any atom is 0.412 e. The molecule has 0 aliphatic carbocycles. The molecule has 4 aliphatic heterocycles. The summed E-state index contributed by atoms with van der Waals surface area (Å²) in [5.74, 6) is -0.939. The molecule has 0 saturated carbocycles. The zero-order chi connectivity index (χ0) is 58.7. The third-order valence-corrected chi connectivity index (χ3v) is 15.4. The van der Waals surface area contributed by atoms with Gasteiger partial charge in [0.05, 0.1) is 77.7 Å². The molecule has 428 valence electrons. The van der Waals surface area contributed by atoms with Crippen molar-refractivity contribution in [3.05, 3.63) is 114 Å². The topological polar surface area (TPSA) is 310 Å². The second-order valence-electron chi connectivity index (χ2n) is 20.2. The summed E-state index contributed by atoms with van der Waals surface area (Å²) in [7, 11) is 0. The van der Waals surface area contributed by atoms with Gasteiger partial charge in [0.25, 0.3) is 11.1 Å². The van der Waals surface area contributed by atoms with Gasteiger partial charge in [0.1, 0.15) is 24.7 Å². The number of nitrogens with zero attached hydrogens (tertiary/aromatic N) is 7. The van der Waals surface area contributed by atoms with Crippen molar-refractivity contribution in [2.75, 3.05) is 26.2 Å². The van der Waals surface area contributed by atoms with Gasteiger partial charge in [-0.3, -0.25) is 9.59 Å². The number of cyclic esters (lactones) is 2. The number of amides is 1. The maximum atomic E-state index is 13.5. The number of hydrogen-bond acceptors (Lipinski definition) is 19. The van der Waals surface area contributed by atoms with Gasteiger partial charge >= 0.3 is 18.0 Å². The molecule has 2 aromatic carbocycles. The van der Waals surface area contributed by atoms with Crippen LogP contribution in [0.25, 0.3) is 44.6 Å². The second-order valence-corrected chi connectivity index (χ2v) is 20.2. The molecular weight excluding hydrogens is 1060 g/mol. The number of phenols is 1. The van der Waals surface area contributed by atoms with E-state index in [1.807, 2.05) is 13.8 Å². The first-order valence-electron chi connectivity index (χ1n) is 27.6. The third-order valence-electron chi connectivity index (χ3n) is 15.4. The summed E-state index contributed by atoms with van der Waals surface area (Å²) < 4.78 is 19.0. The minimum absolute atomic E-state index is 0.0777. The zero-order valence-corrected chi connectivity index (χ0v) is 46.2. The lowest BCUT2D eigenvalue weighted by Crippen LogP contribution is -2.44. The Morgan fingerprint density at radius 1 is 0.622 bits per heavy atom. The maximum absolute atomic E-state index is 13.5. The lowest BCUT2D eigenvalue weighted by molar-refractivity contribution is -0.172. The number of aromatic hydroxyl groups is 1. The molecule has 4 N–H and O–H groups in total. The summed E-state index contributed by atoms with van der Waals surface area (Å²) in [5, 5.41) is 36.4. The molecule has 10 rings (SSSR count). The minimum atomic E-state index is -1.88. The Morgan fingerprint density at radius 3 is 1.50 bits per heavy atom. The van der Waals surface area contributed by atoms with Crippen LogP contribution in [0.3, 0.4) is 0 Å². The van der Waals surface area contributed by atoms with E-state index in [0.717, 1.165) is 89.9 Å². The Kier molecular flexibility index (Phi) is 19.0. The Labute approximate surface area is 470 Å². The average molecular weight is 1120 g/mol. The standard InChI is InChI=1S/C30H32N4O7.C22H20N2O5.C8H12N2O2/c1-3-19-20-13-18(41-29(38)32-12-8-6-5-7-11-31-17-35)9-10-24(20)33-26-21(19)15-34-25(26)14-23-22(27(34)36)16-40-28(37)30(23,39)4-2;1-3-12-13-7-11(25)5-6-17(13)23-19-14(12)9-24-18(19)8-16-15(20(24)26)10-29-21(27)22(16,28)4-2;11-7-9-5-3-1-2-4-6-10-8-12/h9-10,13-14,39H,3-8,11-12,15-16H2,1-2H3,(H,32,38);5-8,25,28H,3-4,9-10H2,1-2H3;1-6H2/t30-;22-;/m11./s1. The van der Waals surface area contributed by atoms with E-state index < -0.39 is 29.2 Å². The van der Waals surface area contributed by atoms with Gasteiger partial charge in [0, 0.05) is 39.6 Å². The van der Waals surface area contributed by atoms with Crippen LogP contribution >= 0.6 is 0 Å². The molecule has 0 spiro atoms. The van der Waals surface area contributed by atoms with E-state index in [1.54, 1.807) is 71.5 Å². The van der Waals surface area contributed by atoms with Gasteiger partial charge in [0.15, 0.2) is 11.2 Å². The number of aliphatic hydroxyl groups is 2. The van der Waals surface area contributed by atoms with Crippen LogP contribution in [0.15, 0.2) is 73.1 Å². The predicted octanol–water partition coefficient (Wildman–Crippen LogP) is 7.19. The van der Waals surface area contributed by atoms with E-state index in [9.17, 15) is 53.7 Å². The van der Waals surface area contributed by atoms with E-state index in [2.05, 4.69) is 20.3 Å². The fourth-order valence-corrected chi connectivity index (χ4v) is 11.0. The van der Waals surface area contributed by atoms with Crippen LogP contribution in [0, 0.1) is 0 Å². The number of aromatic nitrogens is 4. The molecule has 22 nitrogen and oxygen atoms in total. The number of isocyanates is 3. The fourth-order valence-electron chi connectivity index (χ4n) is 11.0. The first-order chi connectivity index (χ1) is 39.6. The Balaban J connectivity index is 0.000000186. The molecule has 8 heterocycles. The molecule has 82 heavy (non-hydrogen) atoms. The summed E-state index contributed by atoms with van der Waals surface area (Å²) in [6, 6.07) is 13.7. The molecule has 6 aromatic rings. The Bertz CT molecular complexity index is 3740. The van der Waals surface area contributed by atoms with Crippen molar-refractivity contribution in [2.24, 2.45) is 15.0 Å². The molecule has 2 atom stereocenters. The highest BCUT2D eigenvalue weighted by Gasteiger charge is 2.47. The van der Waals surface area contributed by atoms with Crippen molar-refractivity contribution in [3.63, 3.8) is 0 Å². The van der Waals surface area contributed by atoms with Crippen LogP contribution in [0.5, 0.6) is 11.5 Å². The van der Waals surface area contributed by atoms with Crippen molar-refractivity contribution in [2.45, 2.75) is 142 Å². The Hall–Kier alpha value is -8.77. The number of hydrogen-bond donors (Lipinski definition) is 4. The van der Waals surface area contributed by atoms with E-state index in [0.29, 0.717) is 97.3 Å². The summed E-state index contributed by atoms with van der Waals surface area (Å²) in [6.45, 7) is 9.79. The number of phenolic OH excluding ortho intramolecular Hbond substituents is 1. The fraction of sp³-hybridized carbons (Fsp3) is 0.433. The lowest BCUT2D eigenvalue weighted by atomic mass is 9.86. The highest BCUT2D eigenvalue weighted by molar-refractivity contribution is 5.92. The largest absolute Gasteiger partial charge is 0.508 e. The van der Waals surface area contributed by atoms with Gasteiger partial charge in [-0.1, -0.05) is 53.4 Å². The molecule has 0 unspecified atom stereocenters. The number of fused-ring (bicyclic) bond motifs is 10. The normalized spacial score (nSPS) is 16.6. The van der Waals surface area contributed by atoms with E-state index in [4.69, 9.17) is 24.2 Å². The van der Waals surface area contributed by atoms with Crippen molar-refractivity contribution in [3.8, 4) is 34.3 Å². The number of pyridine rings is 4. The van der Waals surface area contributed by atoms with Gasteiger partial charge in [-0.05, 0) is 111 Å². The highest BCUT2D eigenvalue weighted by atomic mass is 16.6. The zero-order valence-electron chi connectivity index (χ0n) is 46.2. The number of carbonyl (C=O) groups excluding carboxylic acids is 6. The first kappa shape index (κ1) is 59.4. The molecular formula is C60H64N8O14. The number of ether oxygens (including phenoxy) is 3. The molecule has 0 bridgehead atoms. The number of carbonyl (C=O) groups is 3. The van der Waals surface area contributed by atoms with Gasteiger partial charge in [0.2, 0.25) is 18.2 Å². The van der Waals surface area contributed by atoms with Crippen LogP contribution in [-0.2, 0) is 83.8 Å². The second kappa shape index (κ2) is 26.2. The van der Waals surface area contributed by atoms with Crippen LogP contribution in [0.1, 0.15) is 136 Å². The minimum Gasteiger partial charge on any atom is -0.508 e. The number of benzene rings is 2. The number of esters is 2. The summed E-state index contributed by atoms with van der Waals surface area (Å²) >= 11 is 0. The van der Waals surface area contributed by atoms with Gasteiger partial charge < -0.3 is 44.0 Å².